The van der Waals surface area contributed by atoms with Crippen molar-refractivity contribution in [3.8, 4) is 0 Å². The summed E-state index contributed by atoms with van der Waals surface area (Å²) >= 11 is 0. The zero-order valence-corrected chi connectivity index (χ0v) is 16.8. The number of hydrogen-bond donors (Lipinski definition) is 1. The highest BCUT2D eigenvalue weighted by atomic mass is 19.1. The van der Waals surface area contributed by atoms with E-state index in [1.165, 1.54) is 18.2 Å². The molecule has 2 amide bonds. The molecule has 1 saturated heterocycles. The lowest BCUT2D eigenvalue weighted by Crippen LogP contribution is -2.58. The quantitative estimate of drug-likeness (QED) is 0.651. The second-order valence-corrected chi connectivity index (χ2v) is 8.66. The van der Waals surface area contributed by atoms with E-state index in [1.54, 1.807) is 13.0 Å². The first-order valence-electron chi connectivity index (χ1n) is 10.5. The summed E-state index contributed by atoms with van der Waals surface area (Å²) in [7, 11) is 0. The van der Waals surface area contributed by atoms with Crippen LogP contribution in [-0.4, -0.2) is 23.0 Å². The second kappa shape index (κ2) is 6.11. The summed E-state index contributed by atoms with van der Waals surface area (Å²) in [5.74, 6) is -3.27. The molecule has 154 valence electrons. The molecule has 4 nitrogen and oxygen atoms in total. The van der Waals surface area contributed by atoms with Crippen LogP contribution >= 0.6 is 0 Å². The van der Waals surface area contributed by atoms with Crippen LogP contribution in [0.2, 0.25) is 0 Å². The number of carbonyl (C=O) groups is 2. The summed E-state index contributed by atoms with van der Waals surface area (Å²) in [5, 5.41) is 11.3. The van der Waals surface area contributed by atoms with Crippen LogP contribution in [0.5, 0.6) is 0 Å². The number of anilines is 1. The predicted molar refractivity (Wildman–Crippen MR) is 113 cm³/mol. The Morgan fingerprint density at radius 1 is 0.871 bits per heavy atom. The van der Waals surface area contributed by atoms with E-state index >= 15 is 0 Å². The second-order valence-electron chi connectivity index (χ2n) is 8.66. The fraction of sp³-hybridized carbons (Fsp3) is 0.231. The minimum atomic E-state index is -1.07. The van der Waals surface area contributed by atoms with Crippen LogP contribution in [-0.2, 0) is 15.0 Å². The molecule has 3 aromatic rings. The first kappa shape index (κ1) is 18.5. The number of imide groups is 1. The van der Waals surface area contributed by atoms with Crippen LogP contribution < -0.4 is 4.90 Å². The zero-order chi connectivity index (χ0) is 21.5. The zero-order valence-electron chi connectivity index (χ0n) is 16.8. The number of aliphatic hydroxyl groups is 1. The highest BCUT2D eigenvalue weighted by Gasteiger charge is 2.69. The summed E-state index contributed by atoms with van der Waals surface area (Å²) < 4.78 is 14.7. The van der Waals surface area contributed by atoms with Gasteiger partial charge in [0.25, 0.3) is 0 Å². The van der Waals surface area contributed by atoms with E-state index in [1.807, 2.05) is 48.5 Å². The highest BCUT2D eigenvalue weighted by molar-refractivity contribution is 6.23. The van der Waals surface area contributed by atoms with Gasteiger partial charge in [0.05, 0.1) is 29.0 Å². The Bertz CT molecular complexity index is 1220. The third kappa shape index (κ3) is 2.02. The van der Waals surface area contributed by atoms with E-state index in [4.69, 9.17) is 0 Å². The maximum absolute atomic E-state index is 14.7. The Labute approximate surface area is 178 Å². The summed E-state index contributed by atoms with van der Waals surface area (Å²) in [5.41, 5.74) is 2.58. The average molecular weight is 413 g/mol. The summed E-state index contributed by atoms with van der Waals surface area (Å²) in [6, 6.07) is 21.3. The number of benzene rings is 3. The van der Waals surface area contributed by atoms with Gasteiger partial charge in [-0.05, 0) is 41.3 Å². The van der Waals surface area contributed by atoms with E-state index in [0.717, 1.165) is 27.2 Å². The van der Waals surface area contributed by atoms with Crippen molar-refractivity contribution in [2.75, 3.05) is 4.90 Å². The van der Waals surface area contributed by atoms with Gasteiger partial charge in [0.1, 0.15) is 5.82 Å². The molecule has 1 N–H and O–H groups in total. The molecular formula is C26H20FNO3. The fourth-order valence-corrected chi connectivity index (χ4v) is 6.41. The number of para-hydroxylation sites is 1. The molecule has 2 bridgehead atoms. The van der Waals surface area contributed by atoms with Gasteiger partial charge in [-0.3, -0.25) is 9.59 Å². The van der Waals surface area contributed by atoms with E-state index in [-0.39, 0.29) is 11.6 Å². The fourth-order valence-electron chi connectivity index (χ4n) is 6.41. The molecule has 0 aromatic heterocycles. The molecule has 3 atom stereocenters. The maximum Gasteiger partial charge on any atom is 0.239 e. The minimum Gasteiger partial charge on any atom is -0.392 e. The molecule has 1 aliphatic heterocycles. The number of amides is 2. The van der Waals surface area contributed by atoms with E-state index < -0.39 is 41.0 Å². The number of rotatable bonds is 2. The monoisotopic (exact) mass is 413 g/mol. The lowest BCUT2D eigenvalue weighted by Gasteiger charge is -2.55. The maximum atomic E-state index is 14.7. The average Bonchev–Trinajstić information content (AvgIpc) is 3.05. The molecule has 1 fully saturated rings. The highest BCUT2D eigenvalue weighted by Crippen LogP contribution is 2.65. The van der Waals surface area contributed by atoms with Crippen LogP contribution in [0.25, 0.3) is 0 Å². The van der Waals surface area contributed by atoms with Crippen LogP contribution in [0.4, 0.5) is 10.1 Å². The van der Waals surface area contributed by atoms with Gasteiger partial charge in [0.15, 0.2) is 0 Å². The largest absolute Gasteiger partial charge is 0.392 e. The molecular weight excluding hydrogens is 393 g/mol. The predicted octanol–water partition coefficient (Wildman–Crippen LogP) is 3.76. The molecule has 0 spiro atoms. The van der Waals surface area contributed by atoms with Crippen LogP contribution in [0.3, 0.4) is 0 Å². The van der Waals surface area contributed by atoms with Crippen molar-refractivity contribution in [1.29, 1.82) is 0 Å². The summed E-state index contributed by atoms with van der Waals surface area (Å²) in [6.45, 7) is 1.68. The third-order valence-corrected chi connectivity index (χ3v) is 7.44. The number of hydrogen-bond acceptors (Lipinski definition) is 3. The molecule has 31 heavy (non-hydrogen) atoms. The lowest BCUT2D eigenvalue weighted by molar-refractivity contribution is -0.126. The van der Waals surface area contributed by atoms with Gasteiger partial charge in [-0.1, -0.05) is 60.7 Å². The van der Waals surface area contributed by atoms with Gasteiger partial charge in [-0.25, -0.2) is 9.29 Å². The summed E-state index contributed by atoms with van der Waals surface area (Å²) in [6.07, 6.45) is -0.930. The van der Waals surface area contributed by atoms with E-state index in [2.05, 4.69) is 0 Å². The van der Waals surface area contributed by atoms with Crippen molar-refractivity contribution in [2.45, 2.75) is 24.4 Å². The third-order valence-electron chi connectivity index (χ3n) is 7.44. The van der Waals surface area contributed by atoms with Gasteiger partial charge >= 0.3 is 0 Å². The lowest BCUT2D eigenvalue weighted by atomic mass is 9.46. The van der Waals surface area contributed by atoms with E-state index in [9.17, 15) is 19.1 Å². The molecule has 0 saturated carbocycles. The van der Waals surface area contributed by atoms with Crippen LogP contribution in [0.15, 0.2) is 72.8 Å². The number of nitrogens with zero attached hydrogens (tertiary/aromatic N) is 1. The first-order valence-corrected chi connectivity index (χ1v) is 10.5. The van der Waals surface area contributed by atoms with Gasteiger partial charge in [-0.15, -0.1) is 0 Å². The smallest absolute Gasteiger partial charge is 0.239 e. The van der Waals surface area contributed by atoms with Crippen molar-refractivity contribution in [2.24, 2.45) is 11.8 Å². The molecule has 0 radical (unpaired) electrons. The minimum absolute atomic E-state index is 0.0276. The van der Waals surface area contributed by atoms with Crippen LogP contribution in [0, 0.1) is 17.7 Å². The standard InChI is InChI=1S/C26H20FNO3/c1-14(29)26-17-10-4-2-8-15(17)21(16-9-3-5-11-18(16)26)22-23(26)25(31)28(24(22)30)20-13-7-6-12-19(20)27/h2-14,21-23,29H,1H3/t14-,21?,22-,23+,26?/m1/s1. The Morgan fingerprint density at radius 3 is 2.00 bits per heavy atom. The van der Waals surface area contributed by atoms with Gasteiger partial charge in [-0.2, -0.15) is 0 Å². The molecule has 3 aromatic carbocycles. The van der Waals surface area contributed by atoms with Crippen molar-refractivity contribution >= 4 is 17.5 Å². The molecule has 3 aliphatic carbocycles. The summed E-state index contributed by atoms with van der Waals surface area (Å²) in [4.78, 5) is 28.6. The Kier molecular flexibility index (Phi) is 3.64. The molecule has 0 unspecified atom stereocenters. The molecule has 4 aliphatic rings. The Balaban J connectivity index is 1.68. The topological polar surface area (TPSA) is 57.6 Å². The van der Waals surface area contributed by atoms with E-state index in [0.29, 0.717) is 0 Å². The van der Waals surface area contributed by atoms with Crippen molar-refractivity contribution in [3.63, 3.8) is 0 Å². The molecule has 5 heteroatoms. The van der Waals surface area contributed by atoms with Crippen molar-refractivity contribution in [3.05, 3.63) is 101 Å². The normalized spacial score (nSPS) is 28.9. The van der Waals surface area contributed by atoms with Crippen molar-refractivity contribution < 1.29 is 19.1 Å². The SMILES string of the molecule is C[C@@H](O)C12c3ccccc3C(c3ccccc31)[C@H]1C(=O)N(c3ccccc3F)C(=O)[C@H]12. The molecule has 7 rings (SSSR count). The number of carbonyl (C=O) groups excluding carboxylic acids is 2. The number of aliphatic hydroxyl groups excluding tert-OH is 1. The van der Waals surface area contributed by atoms with Gasteiger partial charge < -0.3 is 5.11 Å². The van der Waals surface area contributed by atoms with Gasteiger partial charge in [0.2, 0.25) is 11.8 Å². The Hall–Kier alpha value is -3.31. The van der Waals surface area contributed by atoms with Crippen molar-refractivity contribution in [1.82, 2.24) is 0 Å². The molecule has 1 heterocycles. The number of halogens is 1. The van der Waals surface area contributed by atoms with Gasteiger partial charge in [0, 0.05) is 5.92 Å². The first-order chi connectivity index (χ1) is 15.0. The van der Waals surface area contributed by atoms with Crippen LogP contribution in [0.1, 0.15) is 35.1 Å². The Morgan fingerprint density at radius 2 is 1.42 bits per heavy atom.